The molecule has 5 heteroatoms. The van der Waals surface area contributed by atoms with Gasteiger partial charge < -0.3 is 15.0 Å². The Hall–Kier alpha value is -1.88. The van der Waals surface area contributed by atoms with E-state index in [0.717, 1.165) is 22.4 Å². The molecule has 19 heavy (non-hydrogen) atoms. The average molecular weight is 261 g/mol. The molecular weight excluding hydrogens is 242 g/mol. The lowest BCUT2D eigenvalue weighted by Crippen LogP contribution is -2.04. The van der Waals surface area contributed by atoms with Gasteiger partial charge in [-0.3, -0.25) is 0 Å². The summed E-state index contributed by atoms with van der Waals surface area (Å²) in [5, 5.41) is 3.96. The van der Waals surface area contributed by atoms with E-state index in [0.29, 0.717) is 18.3 Å². The van der Waals surface area contributed by atoms with Crippen molar-refractivity contribution < 1.29 is 9.26 Å². The number of ether oxygens (including phenoxy) is 1. The van der Waals surface area contributed by atoms with Crippen molar-refractivity contribution in [3.63, 3.8) is 0 Å². The van der Waals surface area contributed by atoms with Crippen LogP contribution in [-0.4, -0.2) is 16.7 Å². The Balaban J connectivity index is 2.40. The van der Waals surface area contributed by atoms with E-state index in [-0.39, 0.29) is 6.04 Å². The Kier molecular flexibility index (Phi) is 3.85. The Morgan fingerprint density at radius 3 is 2.42 bits per heavy atom. The molecule has 1 heterocycles. The molecular formula is C14H19N3O2. The minimum atomic E-state index is -0.258. The summed E-state index contributed by atoms with van der Waals surface area (Å²) >= 11 is 0. The van der Waals surface area contributed by atoms with Crippen LogP contribution in [0.5, 0.6) is 5.75 Å². The molecule has 1 aromatic carbocycles. The number of rotatable bonds is 4. The zero-order valence-corrected chi connectivity index (χ0v) is 11.7. The number of aromatic nitrogens is 2. The van der Waals surface area contributed by atoms with E-state index in [4.69, 9.17) is 15.0 Å². The molecule has 0 aliphatic rings. The zero-order chi connectivity index (χ0) is 14.0. The summed E-state index contributed by atoms with van der Waals surface area (Å²) in [6.07, 6.45) is 0. The second-order valence-electron chi connectivity index (χ2n) is 4.62. The molecule has 1 aromatic heterocycles. The van der Waals surface area contributed by atoms with Crippen LogP contribution in [0.15, 0.2) is 16.7 Å². The van der Waals surface area contributed by atoms with Gasteiger partial charge in [0, 0.05) is 5.56 Å². The summed E-state index contributed by atoms with van der Waals surface area (Å²) in [6.45, 7) is 8.45. The minimum Gasteiger partial charge on any atom is -0.493 e. The largest absolute Gasteiger partial charge is 0.493 e. The highest BCUT2D eigenvalue weighted by Gasteiger charge is 2.14. The summed E-state index contributed by atoms with van der Waals surface area (Å²) in [5.41, 5.74) is 8.74. The maximum atomic E-state index is 5.71. The van der Waals surface area contributed by atoms with Gasteiger partial charge in [-0.1, -0.05) is 5.16 Å². The fourth-order valence-corrected chi connectivity index (χ4v) is 1.99. The number of aryl methyl sites for hydroxylation is 2. The van der Waals surface area contributed by atoms with Crippen LogP contribution in [0.1, 0.15) is 36.9 Å². The zero-order valence-electron chi connectivity index (χ0n) is 11.7. The van der Waals surface area contributed by atoms with Gasteiger partial charge in [0.1, 0.15) is 5.75 Å². The monoisotopic (exact) mass is 261 g/mol. The highest BCUT2D eigenvalue weighted by Crippen LogP contribution is 2.29. The third-order valence-corrected chi connectivity index (χ3v) is 2.84. The Morgan fingerprint density at radius 2 is 1.95 bits per heavy atom. The summed E-state index contributed by atoms with van der Waals surface area (Å²) in [4.78, 5) is 4.29. The lowest BCUT2D eigenvalue weighted by Gasteiger charge is -2.11. The SMILES string of the molecule is CCOc1c(C)cc(-c2noc(C(C)N)n2)cc1C. The molecule has 0 saturated heterocycles. The van der Waals surface area contributed by atoms with Crippen molar-refractivity contribution in [1.82, 2.24) is 10.1 Å². The lowest BCUT2D eigenvalue weighted by molar-refractivity contribution is 0.335. The molecule has 0 aliphatic carbocycles. The first-order chi connectivity index (χ1) is 9.02. The van der Waals surface area contributed by atoms with Gasteiger partial charge in [-0.15, -0.1) is 0 Å². The van der Waals surface area contributed by atoms with Crippen LogP contribution < -0.4 is 10.5 Å². The normalized spacial score (nSPS) is 12.5. The van der Waals surface area contributed by atoms with Crippen molar-refractivity contribution >= 4 is 0 Å². The van der Waals surface area contributed by atoms with Crippen molar-refractivity contribution in [3.05, 3.63) is 29.2 Å². The van der Waals surface area contributed by atoms with Gasteiger partial charge in [0.25, 0.3) is 0 Å². The molecule has 0 amide bonds. The minimum absolute atomic E-state index is 0.258. The maximum Gasteiger partial charge on any atom is 0.243 e. The summed E-state index contributed by atoms with van der Waals surface area (Å²) in [6, 6.07) is 3.73. The van der Waals surface area contributed by atoms with Gasteiger partial charge >= 0.3 is 0 Å². The van der Waals surface area contributed by atoms with Crippen molar-refractivity contribution in [1.29, 1.82) is 0 Å². The molecule has 0 aliphatic heterocycles. The third-order valence-electron chi connectivity index (χ3n) is 2.84. The molecule has 5 nitrogen and oxygen atoms in total. The predicted molar refractivity (Wildman–Crippen MR) is 73.0 cm³/mol. The molecule has 2 rings (SSSR count). The van der Waals surface area contributed by atoms with Gasteiger partial charge in [0.2, 0.25) is 11.7 Å². The molecule has 1 atom stereocenters. The van der Waals surface area contributed by atoms with E-state index in [1.807, 2.05) is 39.8 Å². The Morgan fingerprint density at radius 1 is 1.32 bits per heavy atom. The number of hydrogen-bond acceptors (Lipinski definition) is 5. The van der Waals surface area contributed by atoms with Crippen LogP contribution in [0.3, 0.4) is 0 Å². The van der Waals surface area contributed by atoms with E-state index >= 15 is 0 Å². The van der Waals surface area contributed by atoms with E-state index in [1.54, 1.807) is 0 Å². The predicted octanol–water partition coefficient (Wildman–Crippen LogP) is 2.77. The van der Waals surface area contributed by atoms with Gasteiger partial charge in [0.05, 0.1) is 12.6 Å². The summed E-state index contributed by atoms with van der Waals surface area (Å²) < 4.78 is 10.7. The van der Waals surface area contributed by atoms with Crippen LogP contribution >= 0.6 is 0 Å². The topological polar surface area (TPSA) is 74.2 Å². The number of hydrogen-bond donors (Lipinski definition) is 1. The van der Waals surface area contributed by atoms with Crippen molar-refractivity contribution in [3.8, 4) is 17.1 Å². The number of benzene rings is 1. The van der Waals surface area contributed by atoms with Gasteiger partial charge in [-0.05, 0) is 51.0 Å². The molecule has 0 spiro atoms. The van der Waals surface area contributed by atoms with Crippen molar-refractivity contribution in [2.24, 2.45) is 5.73 Å². The smallest absolute Gasteiger partial charge is 0.243 e. The Labute approximate surface area is 112 Å². The quantitative estimate of drug-likeness (QED) is 0.916. The highest BCUT2D eigenvalue weighted by molar-refractivity contribution is 5.61. The maximum absolute atomic E-state index is 5.71. The third kappa shape index (κ3) is 2.76. The molecule has 0 bridgehead atoms. The standard InChI is InChI=1S/C14H19N3O2/c1-5-18-12-8(2)6-11(7-9(12)3)13-16-14(10(4)15)19-17-13/h6-7,10H,5,15H2,1-4H3. The molecule has 2 aromatic rings. The molecule has 0 fully saturated rings. The first kappa shape index (κ1) is 13.5. The van der Waals surface area contributed by atoms with Gasteiger partial charge in [0.15, 0.2) is 0 Å². The van der Waals surface area contributed by atoms with Gasteiger partial charge in [-0.25, -0.2) is 0 Å². The first-order valence-electron chi connectivity index (χ1n) is 6.36. The van der Waals surface area contributed by atoms with E-state index in [9.17, 15) is 0 Å². The van der Waals surface area contributed by atoms with Crippen LogP contribution in [0.4, 0.5) is 0 Å². The second kappa shape index (κ2) is 5.40. The molecule has 0 radical (unpaired) electrons. The molecule has 1 unspecified atom stereocenters. The van der Waals surface area contributed by atoms with Crippen molar-refractivity contribution in [2.75, 3.05) is 6.61 Å². The lowest BCUT2D eigenvalue weighted by atomic mass is 10.1. The van der Waals surface area contributed by atoms with E-state index in [2.05, 4.69) is 10.1 Å². The number of nitrogens with two attached hydrogens (primary N) is 1. The van der Waals surface area contributed by atoms with Gasteiger partial charge in [-0.2, -0.15) is 4.98 Å². The first-order valence-corrected chi connectivity index (χ1v) is 6.36. The highest BCUT2D eigenvalue weighted by atomic mass is 16.5. The molecule has 0 saturated carbocycles. The number of nitrogens with zero attached hydrogens (tertiary/aromatic N) is 2. The second-order valence-corrected chi connectivity index (χ2v) is 4.62. The Bertz CT molecular complexity index is 553. The van der Waals surface area contributed by atoms with Crippen LogP contribution in [0.25, 0.3) is 11.4 Å². The van der Waals surface area contributed by atoms with E-state index in [1.165, 1.54) is 0 Å². The van der Waals surface area contributed by atoms with E-state index < -0.39 is 0 Å². The fourth-order valence-electron chi connectivity index (χ4n) is 1.99. The van der Waals surface area contributed by atoms with Crippen LogP contribution in [-0.2, 0) is 0 Å². The van der Waals surface area contributed by atoms with Crippen LogP contribution in [0.2, 0.25) is 0 Å². The summed E-state index contributed by atoms with van der Waals surface area (Å²) in [7, 11) is 0. The average Bonchev–Trinajstić information content (AvgIpc) is 2.83. The van der Waals surface area contributed by atoms with Crippen LogP contribution in [0, 0.1) is 13.8 Å². The van der Waals surface area contributed by atoms with Crippen molar-refractivity contribution in [2.45, 2.75) is 33.7 Å². The fraction of sp³-hybridized carbons (Fsp3) is 0.429. The summed E-state index contributed by atoms with van der Waals surface area (Å²) in [5.74, 6) is 1.92. The molecule has 102 valence electrons. The molecule has 2 N–H and O–H groups in total.